The number of carbonyl (C=O) groups is 1. The van der Waals surface area contributed by atoms with Gasteiger partial charge in [-0.05, 0) is 18.1 Å². The number of benzene rings is 1. The minimum absolute atomic E-state index is 0.273. The van der Waals surface area contributed by atoms with Crippen LogP contribution >= 0.6 is 0 Å². The van der Waals surface area contributed by atoms with Crippen molar-refractivity contribution < 1.29 is 14.3 Å². The lowest BCUT2D eigenvalue weighted by atomic mass is 10.1. The van der Waals surface area contributed by atoms with Gasteiger partial charge in [-0.3, -0.25) is 4.79 Å². The summed E-state index contributed by atoms with van der Waals surface area (Å²) in [6, 6.07) is 10.7. The van der Waals surface area contributed by atoms with Gasteiger partial charge in [-0.1, -0.05) is 32.0 Å². The first-order chi connectivity index (χ1) is 10.9. The van der Waals surface area contributed by atoms with Crippen molar-refractivity contribution >= 4 is 11.6 Å². The Labute approximate surface area is 136 Å². The highest BCUT2D eigenvalue weighted by Crippen LogP contribution is 2.23. The fraction of sp³-hybridized carbons (Fsp3) is 0.333. The van der Waals surface area contributed by atoms with Gasteiger partial charge in [-0.15, -0.1) is 0 Å². The van der Waals surface area contributed by atoms with Crippen molar-refractivity contribution in [3.05, 3.63) is 58.6 Å². The van der Waals surface area contributed by atoms with Crippen LogP contribution in [0.4, 0.5) is 5.69 Å². The van der Waals surface area contributed by atoms with Crippen LogP contribution in [0.25, 0.3) is 0 Å². The van der Waals surface area contributed by atoms with Crippen molar-refractivity contribution in [1.29, 1.82) is 0 Å². The number of carbonyl (C=O) groups excluding carboxylic acids is 1. The molecular formula is C18H22N2O3. The van der Waals surface area contributed by atoms with Crippen molar-refractivity contribution in [2.75, 3.05) is 11.9 Å². The van der Waals surface area contributed by atoms with E-state index >= 15 is 0 Å². The molecule has 0 radical (unpaired) electrons. The lowest BCUT2D eigenvalue weighted by Gasteiger charge is -2.16. The predicted octanol–water partition coefficient (Wildman–Crippen LogP) is 3.22. The second-order valence-corrected chi connectivity index (χ2v) is 5.93. The number of amides is 1. The molecule has 0 atom stereocenters. The SMILES string of the molecule is Cc1cc(OCC(C)C)c(C(=O)Nc2ccccc2)c(C)[n+]1[O-]. The first kappa shape index (κ1) is 16.8. The standard InChI is InChI=1S/C18H22N2O3/c1-12(2)11-23-16-10-13(3)20(22)14(4)17(16)18(21)19-15-8-6-5-7-9-15/h5-10,12H,11H2,1-4H3,(H,19,21). The number of aromatic nitrogens is 1. The molecule has 0 aliphatic rings. The molecule has 2 aromatic rings. The van der Waals surface area contributed by atoms with Gasteiger partial charge in [0.25, 0.3) is 5.91 Å². The molecule has 0 bridgehead atoms. The van der Waals surface area contributed by atoms with Crippen molar-refractivity contribution in [2.45, 2.75) is 27.7 Å². The van der Waals surface area contributed by atoms with Crippen LogP contribution in [0.2, 0.25) is 0 Å². The number of aryl methyl sites for hydroxylation is 1. The Morgan fingerprint density at radius 1 is 1.26 bits per heavy atom. The maximum absolute atomic E-state index is 12.6. The lowest BCUT2D eigenvalue weighted by Crippen LogP contribution is -2.37. The van der Waals surface area contributed by atoms with Crippen LogP contribution in [0.5, 0.6) is 5.75 Å². The summed E-state index contributed by atoms with van der Waals surface area (Å²) in [5.41, 5.74) is 1.77. The summed E-state index contributed by atoms with van der Waals surface area (Å²) >= 11 is 0. The van der Waals surface area contributed by atoms with Crippen molar-refractivity contribution in [2.24, 2.45) is 5.92 Å². The molecule has 0 unspecified atom stereocenters. The Hall–Kier alpha value is -2.56. The molecule has 23 heavy (non-hydrogen) atoms. The van der Waals surface area contributed by atoms with E-state index in [1.165, 1.54) is 0 Å². The number of para-hydroxylation sites is 1. The van der Waals surface area contributed by atoms with Crippen LogP contribution in [0, 0.1) is 25.0 Å². The molecule has 0 fully saturated rings. The zero-order valence-corrected chi connectivity index (χ0v) is 13.9. The molecule has 0 aliphatic carbocycles. The highest BCUT2D eigenvalue weighted by atomic mass is 16.5. The van der Waals surface area contributed by atoms with Crippen molar-refractivity contribution in [3.8, 4) is 5.75 Å². The third-order valence-electron chi connectivity index (χ3n) is 3.40. The number of nitrogens with one attached hydrogen (secondary N) is 1. The van der Waals surface area contributed by atoms with E-state index in [2.05, 4.69) is 5.32 Å². The van der Waals surface area contributed by atoms with E-state index in [1.807, 2.05) is 32.0 Å². The third kappa shape index (κ3) is 4.00. The van der Waals surface area contributed by atoms with Gasteiger partial charge in [0.05, 0.1) is 6.61 Å². The maximum atomic E-state index is 12.6. The Kier molecular flexibility index (Phi) is 5.21. The largest absolute Gasteiger partial charge is 0.618 e. The molecule has 0 spiro atoms. The van der Waals surface area contributed by atoms with Gasteiger partial charge in [0.1, 0.15) is 11.3 Å². The number of anilines is 1. The van der Waals surface area contributed by atoms with Crippen molar-refractivity contribution in [1.82, 2.24) is 0 Å². The van der Waals surface area contributed by atoms with Crippen LogP contribution in [0.1, 0.15) is 35.6 Å². The Morgan fingerprint density at radius 2 is 1.91 bits per heavy atom. The summed E-state index contributed by atoms with van der Waals surface area (Å²) in [4.78, 5) is 12.6. The van der Waals surface area contributed by atoms with E-state index in [1.54, 1.807) is 32.0 Å². The summed E-state index contributed by atoms with van der Waals surface area (Å²) < 4.78 is 6.51. The number of hydrogen-bond donors (Lipinski definition) is 1. The van der Waals surface area contributed by atoms with Gasteiger partial charge >= 0.3 is 0 Å². The van der Waals surface area contributed by atoms with Crippen molar-refractivity contribution in [3.63, 3.8) is 0 Å². The second-order valence-electron chi connectivity index (χ2n) is 5.93. The molecule has 1 N–H and O–H groups in total. The van der Waals surface area contributed by atoms with Crippen LogP contribution in [-0.2, 0) is 0 Å². The second kappa shape index (κ2) is 7.13. The molecule has 0 saturated heterocycles. The van der Waals surface area contributed by atoms with Crippen LogP contribution in [0.3, 0.4) is 0 Å². The third-order valence-corrected chi connectivity index (χ3v) is 3.40. The average Bonchev–Trinajstić information content (AvgIpc) is 2.51. The number of ether oxygens (including phenoxy) is 1. The van der Waals surface area contributed by atoms with Gasteiger partial charge in [0, 0.05) is 25.6 Å². The van der Waals surface area contributed by atoms with Crippen LogP contribution < -0.4 is 14.8 Å². The lowest BCUT2D eigenvalue weighted by molar-refractivity contribution is -0.619. The number of rotatable bonds is 5. The summed E-state index contributed by atoms with van der Waals surface area (Å²) in [5.74, 6) is 0.409. The molecule has 122 valence electrons. The highest BCUT2D eigenvalue weighted by molar-refractivity contribution is 6.06. The smallest absolute Gasteiger partial charge is 0.265 e. The highest BCUT2D eigenvalue weighted by Gasteiger charge is 2.24. The quantitative estimate of drug-likeness (QED) is 0.680. The first-order valence-corrected chi connectivity index (χ1v) is 7.63. The fourth-order valence-electron chi connectivity index (χ4n) is 2.23. The molecule has 5 heteroatoms. The van der Waals surface area contributed by atoms with Gasteiger partial charge in [0.15, 0.2) is 5.69 Å². The fourth-order valence-corrected chi connectivity index (χ4v) is 2.23. The van der Waals surface area contributed by atoms with E-state index in [9.17, 15) is 10.0 Å². The predicted molar refractivity (Wildman–Crippen MR) is 89.6 cm³/mol. The minimum atomic E-state index is -0.350. The summed E-state index contributed by atoms with van der Waals surface area (Å²) in [7, 11) is 0. The molecule has 1 amide bonds. The summed E-state index contributed by atoms with van der Waals surface area (Å²) in [6.45, 7) is 7.86. The van der Waals surface area contributed by atoms with Gasteiger partial charge in [0.2, 0.25) is 5.69 Å². The zero-order chi connectivity index (χ0) is 17.0. The van der Waals surface area contributed by atoms with Crippen LogP contribution in [-0.4, -0.2) is 12.5 Å². The molecule has 1 aromatic carbocycles. The Balaban J connectivity index is 2.38. The minimum Gasteiger partial charge on any atom is -0.618 e. The molecule has 0 aliphatic heterocycles. The summed E-state index contributed by atoms with van der Waals surface area (Å²) in [5, 5.41) is 14.9. The Bertz CT molecular complexity index is 697. The first-order valence-electron chi connectivity index (χ1n) is 7.63. The van der Waals surface area contributed by atoms with E-state index in [0.29, 0.717) is 35.3 Å². The van der Waals surface area contributed by atoms with Gasteiger partial charge < -0.3 is 15.3 Å². The molecule has 1 aromatic heterocycles. The van der Waals surface area contributed by atoms with Gasteiger partial charge in [-0.25, -0.2) is 0 Å². The van der Waals surface area contributed by atoms with Gasteiger partial charge in [-0.2, -0.15) is 4.73 Å². The normalized spacial score (nSPS) is 10.7. The Morgan fingerprint density at radius 3 is 2.52 bits per heavy atom. The molecular weight excluding hydrogens is 292 g/mol. The summed E-state index contributed by atoms with van der Waals surface area (Å²) in [6.07, 6.45) is 0. The van der Waals surface area contributed by atoms with Crippen LogP contribution in [0.15, 0.2) is 36.4 Å². The topological polar surface area (TPSA) is 65.3 Å². The molecule has 1 heterocycles. The van der Waals surface area contributed by atoms with E-state index in [4.69, 9.17) is 4.74 Å². The molecule has 2 rings (SSSR count). The maximum Gasteiger partial charge on any atom is 0.265 e. The zero-order valence-electron chi connectivity index (χ0n) is 13.9. The van der Waals surface area contributed by atoms with E-state index in [0.717, 1.165) is 4.73 Å². The monoisotopic (exact) mass is 314 g/mol. The average molecular weight is 314 g/mol. The van der Waals surface area contributed by atoms with E-state index < -0.39 is 0 Å². The number of nitrogens with zero attached hydrogens (tertiary/aromatic N) is 1. The molecule has 5 nitrogen and oxygen atoms in total. The molecule has 0 saturated carbocycles. The number of hydrogen-bond acceptors (Lipinski definition) is 3. The van der Waals surface area contributed by atoms with E-state index in [-0.39, 0.29) is 11.5 Å². The number of pyridine rings is 1.